The third kappa shape index (κ3) is 5.73. The Kier molecular flexibility index (Phi) is 6.49. The number of carbonyl (C=O) groups is 2. The molecule has 1 aromatic rings. The van der Waals surface area contributed by atoms with Crippen molar-refractivity contribution in [3.8, 4) is 0 Å². The normalized spacial score (nSPS) is 13.0. The third-order valence-electron chi connectivity index (χ3n) is 3.20. The fourth-order valence-corrected chi connectivity index (χ4v) is 2.52. The Morgan fingerprint density at radius 2 is 1.95 bits per heavy atom. The number of nitrogens with zero attached hydrogens (tertiary/aromatic N) is 1. The van der Waals surface area contributed by atoms with Crippen LogP contribution in [0.4, 0.5) is 0 Å². The predicted molar refractivity (Wildman–Crippen MR) is 88.5 cm³/mol. The maximum atomic E-state index is 11.7. The van der Waals surface area contributed by atoms with E-state index in [4.69, 9.17) is 5.73 Å². The molecule has 2 amide bonds. The summed E-state index contributed by atoms with van der Waals surface area (Å²) in [5, 5.41) is 8.13. The van der Waals surface area contributed by atoms with Crippen LogP contribution in [0, 0.1) is 5.92 Å². The Morgan fingerprint density at radius 1 is 1.32 bits per heavy atom. The molecule has 0 fully saturated rings. The molecule has 4 N–H and O–H groups in total. The van der Waals surface area contributed by atoms with Gasteiger partial charge in [-0.25, -0.2) is 4.98 Å². The lowest BCUT2D eigenvalue weighted by Crippen LogP contribution is -2.47. The zero-order valence-electron chi connectivity index (χ0n) is 13.9. The quantitative estimate of drug-likeness (QED) is 0.730. The first-order valence-electron chi connectivity index (χ1n) is 7.36. The van der Waals surface area contributed by atoms with E-state index in [2.05, 4.69) is 36.4 Å². The fourth-order valence-electron chi connectivity index (χ4n) is 1.56. The summed E-state index contributed by atoms with van der Waals surface area (Å²) in [7, 11) is 0. The first kappa shape index (κ1) is 18.6. The number of amides is 2. The standard InChI is InChI=1S/C15H26N4O2S/c1-9(2)13(16)14(21)18-6-11(20)17-7-12-19-10(8-22-12)15(3,4)5/h8-9,13H,6-7,16H2,1-5H3,(H,17,20)(H,18,21)/t13-/m0/s1. The van der Waals surface area contributed by atoms with E-state index >= 15 is 0 Å². The molecule has 0 aliphatic rings. The van der Waals surface area contributed by atoms with Crippen LogP contribution >= 0.6 is 11.3 Å². The van der Waals surface area contributed by atoms with Crippen LogP contribution in [-0.4, -0.2) is 29.4 Å². The minimum atomic E-state index is -0.596. The van der Waals surface area contributed by atoms with Gasteiger partial charge in [-0.3, -0.25) is 9.59 Å². The van der Waals surface area contributed by atoms with Crippen LogP contribution in [0.3, 0.4) is 0 Å². The first-order chi connectivity index (χ1) is 10.1. The van der Waals surface area contributed by atoms with Crippen LogP contribution < -0.4 is 16.4 Å². The molecule has 0 bridgehead atoms. The van der Waals surface area contributed by atoms with Gasteiger partial charge in [0.1, 0.15) is 5.01 Å². The highest BCUT2D eigenvalue weighted by molar-refractivity contribution is 7.09. The molecule has 0 aliphatic carbocycles. The van der Waals surface area contributed by atoms with Crippen molar-refractivity contribution in [1.82, 2.24) is 15.6 Å². The smallest absolute Gasteiger partial charge is 0.239 e. The molecule has 1 heterocycles. The maximum Gasteiger partial charge on any atom is 0.239 e. The zero-order chi connectivity index (χ0) is 16.9. The molecule has 0 saturated carbocycles. The number of aromatic nitrogens is 1. The highest BCUT2D eigenvalue weighted by Gasteiger charge is 2.19. The van der Waals surface area contributed by atoms with Gasteiger partial charge in [0.25, 0.3) is 0 Å². The van der Waals surface area contributed by atoms with Crippen molar-refractivity contribution < 1.29 is 9.59 Å². The van der Waals surface area contributed by atoms with Crippen molar-refractivity contribution in [3.05, 3.63) is 16.1 Å². The number of thiazole rings is 1. The predicted octanol–water partition coefficient (Wildman–Crippen LogP) is 1.16. The van der Waals surface area contributed by atoms with Gasteiger partial charge < -0.3 is 16.4 Å². The number of hydrogen-bond donors (Lipinski definition) is 3. The minimum absolute atomic E-state index is 0.000280. The van der Waals surface area contributed by atoms with Gasteiger partial charge in [0.15, 0.2) is 0 Å². The molecule has 0 unspecified atom stereocenters. The van der Waals surface area contributed by atoms with Crippen molar-refractivity contribution in [3.63, 3.8) is 0 Å². The average Bonchev–Trinajstić information content (AvgIpc) is 2.90. The van der Waals surface area contributed by atoms with E-state index in [0.29, 0.717) is 6.54 Å². The van der Waals surface area contributed by atoms with Gasteiger partial charge in [0, 0.05) is 10.8 Å². The van der Waals surface area contributed by atoms with Crippen LogP contribution in [0.1, 0.15) is 45.3 Å². The van der Waals surface area contributed by atoms with E-state index in [1.807, 2.05) is 19.2 Å². The summed E-state index contributed by atoms with van der Waals surface area (Å²) >= 11 is 1.52. The minimum Gasteiger partial charge on any atom is -0.348 e. The summed E-state index contributed by atoms with van der Waals surface area (Å²) in [5.41, 5.74) is 6.71. The van der Waals surface area contributed by atoms with Crippen LogP contribution in [0.2, 0.25) is 0 Å². The molecule has 1 atom stereocenters. The van der Waals surface area contributed by atoms with Gasteiger partial charge in [-0.05, 0) is 5.92 Å². The number of nitrogens with one attached hydrogen (secondary N) is 2. The van der Waals surface area contributed by atoms with Crippen LogP contribution in [0.15, 0.2) is 5.38 Å². The Bertz CT molecular complexity index is 520. The van der Waals surface area contributed by atoms with E-state index in [-0.39, 0.29) is 29.7 Å². The number of hydrogen-bond acceptors (Lipinski definition) is 5. The zero-order valence-corrected chi connectivity index (χ0v) is 14.7. The molecule has 0 saturated heterocycles. The van der Waals surface area contributed by atoms with Crippen molar-refractivity contribution in [1.29, 1.82) is 0 Å². The van der Waals surface area contributed by atoms with Crippen molar-refractivity contribution >= 4 is 23.2 Å². The van der Waals surface area contributed by atoms with Crippen LogP contribution in [-0.2, 0) is 21.5 Å². The molecule has 0 spiro atoms. The number of nitrogens with two attached hydrogens (primary N) is 1. The summed E-state index contributed by atoms with van der Waals surface area (Å²) in [4.78, 5) is 27.9. The Hall–Kier alpha value is -1.47. The number of carbonyl (C=O) groups excluding carboxylic acids is 2. The highest BCUT2D eigenvalue weighted by Crippen LogP contribution is 2.23. The Morgan fingerprint density at radius 3 is 2.45 bits per heavy atom. The lowest BCUT2D eigenvalue weighted by Gasteiger charge is -2.15. The summed E-state index contributed by atoms with van der Waals surface area (Å²) < 4.78 is 0. The van der Waals surface area contributed by atoms with E-state index in [9.17, 15) is 9.59 Å². The lowest BCUT2D eigenvalue weighted by atomic mass is 9.93. The van der Waals surface area contributed by atoms with E-state index in [0.717, 1.165) is 10.7 Å². The second kappa shape index (κ2) is 7.69. The lowest BCUT2D eigenvalue weighted by molar-refractivity contribution is -0.127. The fraction of sp³-hybridized carbons (Fsp3) is 0.667. The molecule has 0 radical (unpaired) electrons. The van der Waals surface area contributed by atoms with Crippen LogP contribution in [0.25, 0.3) is 0 Å². The SMILES string of the molecule is CC(C)[C@H](N)C(=O)NCC(=O)NCc1nc(C(C)(C)C)cs1. The highest BCUT2D eigenvalue weighted by atomic mass is 32.1. The summed E-state index contributed by atoms with van der Waals surface area (Å²) in [6.07, 6.45) is 0. The Balaban J connectivity index is 2.38. The van der Waals surface area contributed by atoms with Gasteiger partial charge in [0.2, 0.25) is 11.8 Å². The van der Waals surface area contributed by atoms with Crippen molar-refractivity contribution in [2.75, 3.05) is 6.54 Å². The van der Waals surface area contributed by atoms with Gasteiger partial charge in [-0.15, -0.1) is 11.3 Å². The molecular formula is C15H26N4O2S. The van der Waals surface area contributed by atoms with E-state index < -0.39 is 6.04 Å². The second-order valence-corrected chi connectivity index (χ2v) is 7.58. The molecule has 1 rings (SSSR count). The van der Waals surface area contributed by atoms with Gasteiger partial charge >= 0.3 is 0 Å². The molecule has 124 valence electrons. The topological polar surface area (TPSA) is 97.1 Å². The molecule has 6 nitrogen and oxygen atoms in total. The molecular weight excluding hydrogens is 300 g/mol. The first-order valence-corrected chi connectivity index (χ1v) is 8.24. The molecule has 7 heteroatoms. The second-order valence-electron chi connectivity index (χ2n) is 6.64. The molecule has 0 aromatic carbocycles. The molecule has 0 aliphatic heterocycles. The van der Waals surface area contributed by atoms with Gasteiger partial charge in [-0.2, -0.15) is 0 Å². The summed E-state index contributed by atoms with van der Waals surface area (Å²) in [6, 6.07) is -0.596. The number of rotatable bonds is 6. The van der Waals surface area contributed by atoms with Crippen molar-refractivity contribution in [2.45, 2.75) is 52.6 Å². The summed E-state index contributed by atoms with van der Waals surface area (Å²) in [5.74, 6) is -0.527. The van der Waals surface area contributed by atoms with Crippen LogP contribution in [0.5, 0.6) is 0 Å². The maximum absolute atomic E-state index is 11.7. The van der Waals surface area contributed by atoms with Gasteiger partial charge in [-0.1, -0.05) is 34.6 Å². The molecule has 22 heavy (non-hydrogen) atoms. The van der Waals surface area contributed by atoms with E-state index in [1.54, 1.807) is 0 Å². The Labute approximate surface area is 135 Å². The molecule has 1 aromatic heterocycles. The van der Waals surface area contributed by atoms with E-state index in [1.165, 1.54) is 11.3 Å². The van der Waals surface area contributed by atoms with Gasteiger partial charge in [0.05, 0.1) is 24.8 Å². The summed E-state index contributed by atoms with van der Waals surface area (Å²) in [6.45, 7) is 10.3. The largest absolute Gasteiger partial charge is 0.348 e. The van der Waals surface area contributed by atoms with Crippen molar-refractivity contribution in [2.24, 2.45) is 11.7 Å². The monoisotopic (exact) mass is 326 g/mol. The average molecular weight is 326 g/mol. The third-order valence-corrected chi connectivity index (χ3v) is 4.05.